The number of hydrogen-bond donors (Lipinski definition) is 1. The maximum Gasteiger partial charge on any atom is 0.313 e. The van der Waals surface area contributed by atoms with Crippen LogP contribution >= 0.6 is 27.7 Å². The highest BCUT2D eigenvalue weighted by atomic mass is 79.9. The number of halogens is 1. The normalized spacial score (nSPS) is 10.9. The Hall–Kier alpha value is -1.79. The summed E-state index contributed by atoms with van der Waals surface area (Å²) >= 11 is 4.69. The number of thioether (sulfide) groups is 1. The molecule has 0 amide bonds. The van der Waals surface area contributed by atoms with Crippen LogP contribution in [0.3, 0.4) is 0 Å². The van der Waals surface area contributed by atoms with Crippen LogP contribution in [0.1, 0.15) is 0 Å². The van der Waals surface area contributed by atoms with Gasteiger partial charge in [-0.2, -0.15) is 0 Å². The van der Waals surface area contributed by atoms with Crippen molar-refractivity contribution in [2.75, 3.05) is 5.75 Å². The smallest absolute Gasteiger partial charge is 0.313 e. The maximum atomic E-state index is 10.8. The van der Waals surface area contributed by atoms with Crippen LogP contribution in [0.15, 0.2) is 58.2 Å². The van der Waals surface area contributed by atoms with Crippen LogP contribution in [-0.2, 0) is 4.79 Å². The van der Waals surface area contributed by atoms with E-state index in [1.54, 1.807) is 0 Å². The molecular weight excluding hydrogens is 352 g/mol. The van der Waals surface area contributed by atoms with E-state index in [0.29, 0.717) is 5.16 Å². The summed E-state index contributed by atoms with van der Waals surface area (Å²) in [7, 11) is 0. The molecule has 0 spiro atoms. The van der Waals surface area contributed by atoms with Gasteiger partial charge in [-0.25, -0.2) is 4.98 Å². The van der Waals surface area contributed by atoms with Crippen molar-refractivity contribution >= 4 is 44.7 Å². The largest absolute Gasteiger partial charge is 0.481 e. The number of para-hydroxylation sites is 1. The predicted octanol–water partition coefficient (Wildman–Crippen LogP) is 3.96. The molecule has 0 aliphatic heterocycles. The molecule has 0 fully saturated rings. The zero-order valence-electron chi connectivity index (χ0n) is 10.9. The van der Waals surface area contributed by atoms with E-state index in [4.69, 9.17) is 5.11 Å². The minimum absolute atomic E-state index is 0.0165. The van der Waals surface area contributed by atoms with Gasteiger partial charge in [-0.15, -0.1) is 0 Å². The lowest BCUT2D eigenvalue weighted by atomic mass is 10.3. The summed E-state index contributed by atoms with van der Waals surface area (Å²) in [6, 6.07) is 15.6. The fraction of sp³-hybridized carbons (Fsp3) is 0.0667. The van der Waals surface area contributed by atoms with E-state index in [0.717, 1.165) is 21.2 Å². The monoisotopic (exact) mass is 362 g/mol. The Kier molecular flexibility index (Phi) is 3.98. The molecule has 0 radical (unpaired) electrons. The average Bonchev–Trinajstić information content (AvgIpc) is 2.83. The molecular formula is C15H11BrN2O2S. The molecule has 2 aromatic carbocycles. The molecule has 1 heterocycles. The summed E-state index contributed by atoms with van der Waals surface area (Å²) in [5, 5.41) is 9.57. The quantitative estimate of drug-likeness (QED) is 0.713. The molecule has 21 heavy (non-hydrogen) atoms. The lowest BCUT2D eigenvalue weighted by Crippen LogP contribution is -2.01. The third-order valence-electron chi connectivity index (χ3n) is 2.92. The standard InChI is InChI=1S/C15H11BrN2O2S/c16-10-6-7-12-13(8-10)18(11-4-2-1-3-5-11)15(17-12)21-9-14(19)20/h1-8H,9H2,(H,19,20). The van der Waals surface area contributed by atoms with Crippen LogP contribution < -0.4 is 0 Å². The molecule has 0 aliphatic rings. The van der Waals surface area contributed by atoms with Crippen molar-refractivity contribution in [3.63, 3.8) is 0 Å². The molecule has 0 unspecified atom stereocenters. The Labute approximate surface area is 133 Å². The third kappa shape index (κ3) is 2.96. The Bertz CT molecular complexity index is 802. The summed E-state index contributed by atoms with van der Waals surface area (Å²) in [6.07, 6.45) is 0. The van der Waals surface area contributed by atoms with Crippen molar-refractivity contribution in [3.05, 3.63) is 53.0 Å². The first kappa shape index (κ1) is 14.2. The van der Waals surface area contributed by atoms with E-state index in [1.165, 1.54) is 11.8 Å². The number of imidazole rings is 1. The van der Waals surface area contributed by atoms with Gasteiger partial charge in [-0.3, -0.25) is 9.36 Å². The first-order valence-electron chi connectivity index (χ1n) is 6.23. The number of carboxylic acid groups (broad SMARTS) is 1. The fourth-order valence-corrected chi connectivity index (χ4v) is 3.17. The van der Waals surface area contributed by atoms with Crippen molar-refractivity contribution in [1.29, 1.82) is 0 Å². The van der Waals surface area contributed by atoms with Gasteiger partial charge in [0.25, 0.3) is 0 Å². The van der Waals surface area contributed by atoms with Crippen molar-refractivity contribution in [2.45, 2.75) is 5.16 Å². The summed E-state index contributed by atoms with van der Waals surface area (Å²) in [6.45, 7) is 0. The molecule has 0 bridgehead atoms. The van der Waals surface area contributed by atoms with Crippen LogP contribution in [0.5, 0.6) is 0 Å². The topological polar surface area (TPSA) is 55.1 Å². The molecule has 0 saturated heterocycles. The van der Waals surface area contributed by atoms with Crippen LogP contribution in [0.2, 0.25) is 0 Å². The molecule has 4 nitrogen and oxygen atoms in total. The number of carboxylic acids is 1. The highest BCUT2D eigenvalue weighted by Gasteiger charge is 2.14. The number of benzene rings is 2. The number of carbonyl (C=O) groups is 1. The lowest BCUT2D eigenvalue weighted by Gasteiger charge is -2.08. The second kappa shape index (κ2) is 5.91. The Morgan fingerprint density at radius 3 is 2.71 bits per heavy atom. The van der Waals surface area contributed by atoms with Gasteiger partial charge in [-0.05, 0) is 30.3 Å². The minimum Gasteiger partial charge on any atom is -0.481 e. The molecule has 1 aromatic heterocycles. The van der Waals surface area contributed by atoms with E-state index in [1.807, 2.05) is 53.1 Å². The van der Waals surface area contributed by atoms with Gasteiger partial charge in [-0.1, -0.05) is 45.9 Å². The number of aromatic nitrogens is 2. The van der Waals surface area contributed by atoms with Gasteiger partial charge in [0.05, 0.1) is 16.8 Å². The summed E-state index contributed by atoms with van der Waals surface area (Å²) in [5.74, 6) is -0.870. The highest BCUT2D eigenvalue weighted by molar-refractivity contribution is 9.10. The van der Waals surface area contributed by atoms with Crippen molar-refractivity contribution in [1.82, 2.24) is 9.55 Å². The van der Waals surface area contributed by atoms with Gasteiger partial charge in [0.1, 0.15) is 0 Å². The van der Waals surface area contributed by atoms with Crippen LogP contribution in [0.25, 0.3) is 16.7 Å². The van der Waals surface area contributed by atoms with Gasteiger partial charge in [0, 0.05) is 10.2 Å². The Morgan fingerprint density at radius 1 is 1.24 bits per heavy atom. The van der Waals surface area contributed by atoms with E-state index in [2.05, 4.69) is 20.9 Å². The average molecular weight is 363 g/mol. The first-order chi connectivity index (χ1) is 10.1. The second-order valence-electron chi connectivity index (χ2n) is 4.38. The van der Waals surface area contributed by atoms with Crippen molar-refractivity contribution in [3.8, 4) is 5.69 Å². The van der Waals surface area contributed by atoms with E-state index in [-0.39, 0.29) is 5.75 Å². The maximum absolute atomic E-state index is 10.8. The Balaban J connectivity index is 2.19. The van der Waals surface area contributed by atoms with Gasteiger partial charge < -0.3 is 5.11 Å². The first-order valence-corrected chi connectivity index (χ1v) is 8.01. The van der Waals surface area contributed by atoms with Gasteiger partial charge in [0.2, 0.25) is 0 Å². The zero-order valence-corrected chi connectivity index (χ0v) is 13.3. The molecule has 0 atom stereocenters. The summed E-state index contributed by atoms with van der Waals surface area (Å²) in [4.78, 5) is 15.4. The molecule has 0 saturated carbocycles. The van der Waals surface area contributed by atoms with Crippen LogP contribution in [0, 0.1) is 0 Å². The van der Waals surface area contributed by atoms with Gasteiger partial charge >= 0.3 is 5.97 Å². The fourth-order valence-electron chi connectivity index (χ4n) is 2.08. The number of fused-ring (bicyclic) bond motifs is 1. The number of nitrogens with zero attached hydrogens (tertiary/aromatic N) is 2. The summed E-state index contributed by atoms with van der Waals surface area (Å²) in [5.41, 5.74) is 2.75. The van der Waals surface area contributed by atoms with Crippen LogP contribution in [0.4, 0.5) is 0 Å². The predicted molar refractivity (Wildman–Crippen MR) is 87.1 cm³/mol. The molecule has 1 N–H and O–H groups in total. The number of hydrogen-bond acceptors (Lipinski definition) is 3. The van der Waals surface area contributed by atoms with Crippen molar-refractivity contribution in [2.24, 2.45) is 0 Å². The highest BCUT2D eigenvalue weighted by Crippen LogP contribution is 2.29. The number of rotatable bonds is 4. The number of aliphatic carboxylic acids is 1. The molecule has 3 rings (SSSR count). The molecule has 6 heteroatoms. The van der Waals surface area contributed by atoms with E-state index >= 15 is 0 Å². The second-order valence-corrected chi connectivity index (χ2v) is 6.24. The summed E-state index contributed by atoms with van der Waals surface area (Å²) < 4.78 is 2.94. The third-order valence-corrected chi connectivity index (χ3v) is 4.34. The minimum atomic E-state index is -0.854. The van der Waals surface area contributed by atoms with E-state index in [9.17, 15) is 4.79 Å². The molecule has 3 aromatic rings. The Morgan fingerprint density at radius 2 is 2.00 bits per heavy atom. The zero-order chi connectivity index (χ0) is 14.8. The van der Waals surface area contributed by atoms with Crippen molar-refractivity contribution < 1.29 is 9.90 Å². The SMILES string of the molecule is O=C(O)CSc1nc2ccc(Br)cc2n1-c1ccccc1. The lowest BCUT2D eigenvalue weighted by molar-refractivity contribution is -0.133. The molecule has 0 aliphatic carbocycles. The molecule has 106 valence electrons. The van der Waals surface area contributed by atoms with Crippen LogP contribution in [-0.4, -0.2) is 26.4 Å². The van der Waals surface area contributed by atoms with Gasteiger partial charge in [0.15, 0.2) is 5.16 Å². The van der Waals surface area contributed by atoms with E-state index < -0.39 is 5.97 Å².